The Kier molecular flexibility index (Phi) is 4.80. The number of pyridine rings is 1. The molecule has 1 aromatic carbocycles. The van der Waals surface area contributed by atoms with Gasteiger partial charge in [-0.25, -0.2) is 8.42 Å². The van der Waals surface area contributed by atoms with E-state index < -0.39 is 9.05 Å². The summed E-state index contributed by atoms with van der Waals surface area (Å²) in [4.78, 5) is 4.06. The maximum atomic E-state index is 11.5. The summed E-state index contributed by atoms with van der Waals surface area (Å²) in [6, 6.07) is 6.42. The van der Waals surface area contributed by atoms with Crippen molar-refractivity contribution in [2.24, 2.45) is 0 Å². The molecule has 0 amide bonds. The number of halogens is 1. The zero-order valence-corrected chi connectivity index (χ0v) is 12.4. The first-order valence-electron chi connectivity index (χ1n) is 6.07. The third kappa shape index (κ3) is 3.39. The molecule has 1 aromatic heterocycles. The summed E-state index contributed by atoms with van der Waals surface area (Å²) < 4.78 is 33.8. The van der Waals surface area contributed by atoms with Gasteiger partial charge in [0.15, 0.2) is 0 Å². The normalized spacial score (nSPS) is 11.7. The van der Waals surface area contributed by atoms with E-state index in [4.69, 9.17) is 20.2 Å². The molecule has 2 aromatic rings. The van der Waals surface area contributed by atoms with Crippen molar-refractivity contribution < 1.29 is 17.9 Å². The van der Waals surface area contributed by atoms with Crippen LogP contribution in [0.15, 0.2) is 35.4 Å². The summed E-state index contributed by atoms with van der Waals surface area (Å²) in [6.45, 7) is 3.37. The highest BCUT2D eigenvalue weighted by Gasteiger charge is 2.17. The van der Waals surface area contributed by atoms with Gasteiger partial charge in [0.2, 0.25) is 0 Å². The molecule has 0 aliphatic rings. The monoisotopic (exact) mass is 315 g/mol. The van der Waals surface area contributed by atoms with E-state index in [2.05, 4.69) is 4.98 Å². The lowest BCUT2D eigenvalue weighted by Gasteiger charge is -2.10. The molecular formula is C13H14ClNO4S. The van der Waals surface area contributed by atoms with E-state index in [1.54, 1.807) is 18.2 Å². The molecule has 7 heteroatoms. The highest BCUT2D eigenvalue weighted by molar-refractivity contribution is 8.14. The fourth-order valence-electron chi connectivity index (χ4n) is 1.80. The van der Waals surface area contributed by atoms with E-state index in [-0.39, 0.29) is 4.90 Å². The fourth-order valence-corrected chi connectivity index (χ4v) is 2.80. The molecular weight excluding hydrogens is 302 g/mol. The van der Waals surface area contributed by atoms with Crippen molar-refractivity contribution in [1.29, 1.82) is 0 Å². The number of ether oxygens (including phenoxy) is 2. The van der Waals surface area contributed by atoms with E-state index in [1.165, 1.54) is 12.3 Å². The molecule has 0 fully saturated rings. The second-order valence-corrected chi connectivity index (χ2v) is 6.48. The van der Waals surface area contributed by atoms with Gasteiger partial charge in [-0.05, 0) is 31.2 Å². The summed E-state index contributed by atoms with van der Waals surface area (Å²) in [6.07, 6.45) is 1.51. The van der Waals surface area contributed by atoms with Gasteiger partial charge in [-0.2, -0.15) is 0 Å². The molecule has 0 saturated carbocycles. The summed E-state index contributed by atoms with van der Waals surface area (Å²) in [7, 11) is 1.56. The van der Waals surface area contributed by atoms with Gasteiger partial charge in [0.1, 0.15) is 17.3 Å². The van der Waals surface area contributed by atoms with Crippen LogP contribution in [0, 0.1) is 0 Å². The average Bonchev–Trinajstić information content (AvgIpc) is 2.42. The van der Waals surface area contributed by atoms with Crippen LogP contribution >= 0.6 is 10.7 Å². The Hall–Kier alpha value is -1.37. The minimum Gasteiger partial charge on any atom is -0.490 e. The Morgan fingerprint density at radius 3 is 2.75 bits per heavy atom. The van der Waals surface area contributed by atoms with E-state index in [0.29, 0.717) is 36.5 Å². The molecule has 0 saturated heterocycles. The molecule has 0 atom stereocenters. The van der Waals surface area contributed by atoms with Gasteiger partial charge in [0.25, 0.3) is 9.05 Å². The predicted octanol–water partition coefficient (Wildman–Crippen LogP) is 2.58. The average molecular weight is 316 g/mol. The zero-order valence-electron chi connectivity index (χ0n) is 10.9. The maximum Gasteiger partial charge on any atom is 0.263 e. The molecule has 0 unspecified atom stereocenters. The minimum absolute atomic E-state index is 0.0214. The van der Waals surface area contributed by atoms with Gasteiger partial charge in [-0.3, -0.25) is 4.98 Å². The predicted molar refractivity (Wildman–Crippen MR) is 76.8 cm³/mol. The number of rotatable bonds is 6. The number of benzene rings is 1. The molecule has 1 heterocycles. The standard InChI is InChI=1S/C13H14ClNO4S/c1-2-18-8-9-19-11-5-6-12(20(14,16)17)13-10(11)4-3-7-15-13/h3-7H,2,8-9H2,1H3. The number of hydrogen-bond donors (Lipinski definition) is 0. The summed E-state index contributed by atoms with van der Waals surface area (Å²) >= 11 is 0. The van der Waals surface area contributed by atoms with Crippen LogP contribution in [0.4, 0.5) is 0 Å². The van der Waals surface area contributed by atoms with Crippen LogP contribution in [-0.4, -0.2) is 33.2 Å². The van der Waals surface area contributed by atoms with Crippen molar-refractivity contribution in [2.45, 2.75) is 11.8 Å². The van der Waals surface area contributed by atoms with Crippen LogP contribution in [0.1, 0.15) is 6.92 Å². The molecule has 108 valence electrons. The van der Waals surface area contributed by atoms with Crippen LogP contribution in [0.5, 0.6) is 5.75 Å². The molecule has 2 rings (SSSR count). The molecule has 0 bridgehead atoms. The molecule has 20 heavy (non-hydrogen) atoms. The largest absolute Gasteiger partial charge is 0.490 e. The van der Waals surface area contributed by atoms with Gasteiger partial charge in [-0.1, -0.05) is 0 Å². The lowest BCUT2D eigenvalue weighted by Crippen LogP contribution is -2.07. The Labute approximate surface area is 121 Å². The molecule has 0 spiro atoms. The van der Waals surface area contributed by atoms with Crippen LogP contribution in [0.2, 0.25) is 0 Å². The summed E-state index contributed by atoms with van der Waals surface area (Å²) in [5.74, 6) is 0.553. The van der Waals surface area contributed by atoms with Crippen LogP contribution in [-0.2, 0) is 13.8 Å². The third-order valence-corrected chi connectivity index (χ3v) is 4.00. The molecule has 0 aliphatic carbocycles. The van der Waals surface area contributed by atoms with Crippen LogP contribution < -0.4 is 4.74 Å². The van der Waals surface area contributed by atoms with Gasteiger partial charge in [-0.15, -0.1) is 0 Å². The SMILES string of the molecule is CCOCCOc1ccc(S(=O)(=O)Cl)c2ncccc12. The Balaban J connectivity index is 2.39. The number of fused-ring (bicyclic) bond motifs is 1. The van der Waals surface area contributed by atoms with Gasteiger partial charge in [0, 0.05) is 28.9 Å². The third-order valence-electron chi connectivity index (χ3n) is 2.64. The highest BCUT2D eigenvalue weighted by atomic mass is 35.7. The second kappa shape index (κ2) is 6.39. The van der Waals surface area contributed by atoms with E-state index >= 15 is 0 Å². The van der Waals surface area contributed by atoms with Crippen molar-refractivity contribution in [2.75, 3.05) is 19.8 Å². The van der Waals surface area contributed by atoms with E-state index in [0.717, 1.165) is 0 Å². The van der Waals surface area contributed by atoms with Crippen LogP contribution in [0.25, 0.3) is 10.9 Å². The lowest BCUT2D eigenvalue weighted by molar-refractivity contribution is 0.111. The van der Waals surface area contributed by atoms with Crippen LogP contribution in [0.3, 0.4) is 0 Å². The van der Waals surface area contributed by atoms with Crippen molar-refractivity contribution in [3.8, 4) is 5.75 Å². The molecule has 5 nitrogen and oxygen atoms in total. The number of aromatic nitrogens is 1. The van der Waals surface area contributed by atoms with E-state index in [1.807, 2.05) is 6.92 Å². The van der Waals surface area contributed by atoms with E-state index in [9.17, 15) is 8.42 Å². The Morgan fingerprint density at radius 2 is 2.05 bits per heavy atom. The number of nitrogens with zero attached hydrogens (tertiary/aromatic N) is 1. The second-order valence-electron chi connectivity index (χ2n) is 3.94. The number of hydrogen-bond acceptors (Lipinski definition) is 5. The summed E-state index contributed by atoms with van der Waals surface area (Å²) in [5.41, 5.74) is 0.302. The molecule has 0 aliphatic heterocycles. The van der Waals surface area contributed by atoms with Gasteiger partial charge in [0.05, 0.1) is 12.1 Å². The van der Waals surface area contributed by atoms with Gasteiger partial charge < -0.3 is 9.47 Å². The molecule has 0 radical (unpaired) electrons. The maximum absolute atomic E-state index is 11.5. The first-order valence-corrected chi connectivity index (χ1v) is 8.38. The lowest BCUT2D eigenvalue weighted by atomic mass is 10.2. The zero-order chi connectivity index (χ0) is 14.6. The van der Waals surface area contributed by atoms with Crippen molar-refractivity contribution in [1.82, 2.24) is 4.98 Å². The van der Waals surface area contributed by atoms with Crippen molar-refractivity contribution >= 4 is 30.6 Å². The van der Waals surface area contributed by atoms with Crippen molar-refractivity contribution in [3.05, 3.63) is 30.5 Å². The van der Waals surface area contributed by atoms with Crippen molar-refractivity contribution in [3.63, 3.8) is 0 Å². The quantitative estimate of drug-likeness (QED) is 0.605. The fraction of sp³-hybridized carbons (Fsp3) is 0.308. The van der Waals surface area contributed by atoms with Gasteiger partial charge >= 0.3 is 0 Å². The molecule has 0 N–H and O–H groups in total. The minimum atomic E-state index is -3.85. The summed E-state index contributed by atoms with van der Waals surface area (Å²) in [5, 5.41) is 0.603. The Bertz CT molecular complexity index is 703. The first-order chi connectivity index (χ1) is 9.54. The smallest absolute Gasteiger partial charge is 0.263 e. The topological polar surface area (TPSA) is 65.5 Å². The highest BCUT2D eigenvalue weighted by Crippen LogP contribution is 2.31. The first kappa shape index (κ1) is 15.0. The Morgan fingerprint density at radius 1 is 1.25 bits per heavy atom.